The van der Waals surface area contributed by atoms with Gasteiger partial charge in [-0.2, -0.15) is 0 Å². The van der Waals surface area contributed by atoms with Gasteiger partial charge in [0.2, 0.25) is 0 Å². The van der Waals surface area contributed by atoms with Crippen LogP contribution in [0, 0.1) is 5.92 Å². The molecule has 1 saturated carbocycles. The molecule has 0 spiro atoms. The standard InChI is InChI=1S/C16H30N2O3/c1-16(2,3)21-15(19)18-9-7-13(8-10-18)17-14(11-20-4)12-5-6-12/h12-14,17H,5-11H2,1-4H3. The number of rotatable bonds is 5. The van der Waals surface area contributed by atoms with Crippen LogP contribution in [-0.2, 0) is 9.47 Å². The number of hydrogen-bond donors (Lipinski definition) is 1. The van der Waals surface area contributed by atoms with Gasteiger partial charge in [-0.15, -0.1) is 0 Å². The van der Waals surface area contributed by atoms with Crippen molar-refractivity contribution in [2.45, 2.75) is 64.1 Å². The normalized spacial score (nSPS) is 22.2. The lowest BCUT2D eigenvalue weighted by Crippen LogP contribution is -2.50. The lowest BCUT2D eigenvalue weighted by Gasteiger charge is -2.35. The van der Waals surface area contributed by atoms with Gasteiger partial charge in [0.25, 0.3) is 0 Å². The first-order valence-corrected chi connectivity index (χ1v) is 8.12. The molecule has 1 atom stereocenters. The van der Waals surface area contributed by atoms with E-state index in [0.717, 1.165) is 38.5 Å². The summed E-state index contributed by atoms with van der Waals surface area (Å²) in [5.74, 6) is 0.786. The number of nitrogens with zero attached hydrogens (tertiary/aromatic N) is 1. The SMILES string of the molecule is COCC(NC1CCN(C(=O)OC(C)(C)C)CC1)C1CC1. The molecule has 0 bridgehead atoms. The molecule has 1 N–H and O–H groups in total. The van der Waals surface area contributed by atoms with Crippen LogP contribution in [0.4, 0.5) is 4.79 Å². The van der Waals surface area contributed by atoms with Gasteiger partial charge in [0, 0.05) is 32.3 Å². The van der Waals surface area contributed by atoms with Crippen LogP contribution in [0.3, 0.4) is 0 Å². The van der Waals surface area contributed by atoms with E-state index < -0.39 is 5.60 Å². The highest BCUT2D eigenvalue weighted by Gasteiger charge is 2.34. The monoisotopic (exact) mass is 298 g/mol. The minimum atomic E-state index is -0.415. The minimum absolute atomic E-state index is 0.184. The molecule has 5 nitrogen and oxygen atoms in total. The number of amides is 1. The van der Waals surface area contributed by atoms with Crippen LogP contribution >= 0.6 is 0 Å². The van der Waals surface area contributed by atoms with E-state index in [0.29, 0.717) is 12.1 Å². The second-order valence-electron chi connectivity index (χ2n) is 7.31. The summed E-state index contributed by atoms with van der Waals surface area (Å²) in [5, 5.41) is 3.72. The van der Waals surface area contributed by atoms with Crippen molar-refractivity contribution >= 4 is 6.09 Å². The van der Waals surface area contributed by atoms with Gasteiger partial charge in [0.05, 0.1) is 6.61 Å². The zero-order valence-corrected chi connectivity index (χ0v) is 13.9. The third-order valence-electron chi connectivity index (χ3n) is 4.13. The van der Waals surface area contributed by atoms with E-state index in [1.54, 1.807) is 7.11 Å². The molecule has 1 aliphatic heterocycles. The van der Waals surface area contributed by atoms with E-state index in [9.17, 15) is 4.79 Å². The Morgan fingerprint density at radius 3 is 2.33 bits per heavy atom. The smallest absolute Gasteiger partial charge is 0.410 e. The molecule has 1 unspecified atom stereocenters. The van der Waals surface area contributed by atoms with Crippen LogP contribution in [0.2, 0.25) is 0 Å². The number of carbonyl (C=O) groups excluding carboxylic acids is 1. The number of likely N-dealkylation sites (tertiary alicyclic amines) is 1. The van der Waals surface area contributed by atoms with Crippen molar-refractivity contribution < 1.29 is 14.3 Å². The Hall–Kier alpha value is -0.810. The fraction of sp³-hybridized carbons (Fsp3) is 0.938. The van der Waals surface area contributed by atoms with Crippen molar-refractivity contribution in [3.63, 3.8) is 0 Å². The Bertz CT molecular complexity index is 342. The summed E-state index contributed by atoms with van der Waals surface area (Å²) in [7, 11) is 1.77. The van der Waals surface area contributed by atoms with E-state index in [1.165, 1.54) is 12.8 Å². The number of piperidine rings is 1. The first-order chi connectivity index (χ1) is 9.89. The van der Waals surface area contributed by atoms with Crippen LogP contribution in [0.1, 0.15) is 46.5 Å². The molecule has 1 heterocycles. The van der Waals surface area contributed by atoms with Crippen molar-refractivity contribution in [1.82, 2.24) is 10.2 Å². The first kappa shape index (κ1) is 16.6. The van der Waals surface area contributed by atoms with Crippen molar-refractivity contribution in [3.05, 3.63) is 0 Å². The summed E-state index contributed by atoms with van der Waals surface area (Å²) in [6, 6.07) is 0.970. The molecule has 0 aromatic heterocycles. The van der Waals surface area contributed by atoms with Gasteiger partial charge < -0.3 is 19.7 Å². The molecule has 0 radical (unpaired) electrons. The molecule has 2 rings (SSSR count). The summed E-state index contributed by atoms with van der Waals surface area (Å²) in [6.07, 6.45) is 4.44. The van der Waals surface area contributed by atoms with Gasteiger partial charge >= 0.3 is 6.09 Å². The Morgan fingerprint density at radius 1 is 1.24 bits per heavy atom. The maximum absolute atomic E-state index is 12.0. The number of ether oxygens (including phenoxy) is 2. The summed E-state index contributed by atoms with van der Waals surface area (Å²) < 4.78 is 10.7. The lowest BCUT2D eigenvalue weighted by atomic mass is 10.0. The number of methoxy groups -OCH3 is 1. The molecule has 2 aliphatic rings. The maximum Gasteiger partial charge on any atom is 0.410 e. The third-order valence-corrected chi connectivity index (χ3v) is 4.13. The summed E-state index contributed by atoms with van der Waals surface area (Å²) in [6.45, 7) is 8.06. The molecule has 122 valence electrons. The third kappa shape index (κ3) is 5.47. The quantitative estimate of drug-likeness (QED) is 0.847. The van der Waals surface area contributed by atoms with Gasteiger partial charge in [-0.1, -0.05) is 0 Å². The van der Waals surface area contributed by atoms with Crippen LogP contribution < -0.4 is 5.32 Å². The fourth-order valence-corrected chi connectivity index (χ4v) is 2.86. The van der Waals surface area contributed by atoms with Crippen molar-refractivity contribution in [1.29, 1.82) is 0 Å². The molecule has 21 heavy (non-hydrogen) atoms. The largest absolute Gasteiger partial charge is 0.444 e. The molecule has 0 aromatic carbocycles. The van der Waals surface area contributed by atoms with Gasteiger partial charge in [0.1, 0.15) is 5.60 Å². The van der Waals surface area contributed by atoms with E-state index >= 15 is 0 Å². The lowest BCUT2D eigenvalue weighted by molar-refractivity contribution is 0.0190. The summed E-state index contributed by atoms with van der Waals surface area (Å²) >= 11 is 0. The minimum Gasteiger partial charge on any atom is -0.444 e. The highest BCUT2D eigenvalue weighted by atomic mass is 16.6. The number of nitrogens with one attached hydrogen (secondary N) is 1. The second-order valence-corrected chi connectivity index (χ2v) is 7.31. The molecule has 5 heteroatoms. The topological polar surface area (TPSA) is 50.8 Å². The Morgan fingerprint density at radius 2 is 1.86 bits per heavy atom. The van der Waals surface area contributed by atoms with Gasteiger partial charge in [-0.3, -0.25) is 0 Å². The molecular formula is C16H30N2O3. The summed E-state index contributed by atoms with van der Waals surface area (Å²) in [5.41, 5.74) is -0.415. The zero-order valence-electron chi connectivity index (χ0n) is 13.9. The predicted octanol–water partition coefficient (Wildman–Crippen LogP) is 2.40. The van der Waals surface area contributed by atoms with E-state index in [4.69, 9.17) is 9.47 Å². The van der Waals surface area contributed by atoms with Crippen molar-refractivity contribution in [2.75, 3.05) is 26.8 Å². The molecular weight excluding hydrogens is 268 g/mol. The predicted molar refractivity (Wildman–Crippen MR) is 82.4 cm³/mol. The van der Waals surface area contributed by atoms with E-state index in [-0.39, 0.29) is 6.09 Å². The number of carbonyl (C=O) groups is 1. The highest BCUT2D eigenvalue weighted by Crippen LogP contribution is 2.33. The molecule has 1 saturated heterocycles. The second kappa shape index (κ2) is 6.97. The maximum atomic E-state index is 12.0. The molecule has 1 aliphatic carbocycles. The van der Waals surface area contributed by atoms with E-state index in [2.05, 4.69) is 5.32 Å². The fourth-order valence-electron chi connectivity index (χ4n) is 2.86. The van der Waals surface area contributed by atoms with E-state index in [1.807, 2.05) is 25.7 Å². The highest BCUT2D eigenvalue weighted by molar-refractivity contribution is 5.68. The van der Waals surface area contributed by atoms with Crippen molar-refractivity contribution in [2.24, 2.45) is 5.92 Å². The zero-order chi connectivity index (χ0) is 15.5. The van der Waals surface area contributed by atoms with Gasteiger partial charge in [0.15, 0.2) is 0 Å². The molecule has 1 amide bonds. The molecule has 2 fully saturated rings. The van der Waals surface area contributed by atoms with Crippen LogP contribution in [-0.4, -0.2) is 55.5 Å². The average Bonchev–Trinajstić information content (AvgIpc) is 3.21. The first-order valence-electron chi connectivity index (χ1n) is 8.12. The average molecular weight is 298 g/mol. The summed E-state index contributed by atoms with van der Waals surface area (Å²) in [4.78, 5) is 13.9. The van der Waals surface area contributed by atoms with Crippen LogP contribution in [0.5, 0.6) is 0 Å². The van der Waals surface area contributed by atoms with Crippen LogP contribution in [0.15, 0.2) is 0 Å². The molecule has 0 aromatic rings. The van der Waals surface area contributed by atoms with Crippen molar-refractivity contribution in [3.8, 4) is 0 Å². The Labute approximate surface area is 128 Å². The Balaban J connectivity index is 1.73. The Kier molecular flexibility index (Phi) is 5.49. The number of hydrogen-bond acceptors (Lipinski definition) is 4. The van der Waals surface area contributed by atoms with Gasteiger partial charge in [-0.05, 0) is 52.4 Å². The van der Waals surface area contributed by atoms with Crippen LogP contribution in [0.25, 0.3) is 0 Å². The van der Waals surface area contributed by atoms with Gasteiger partial charge in [-0.25, -0.2) is 4.79 Å².